The molecule has 0 bridgehead atoms. The van der Waals surface area contributed by atoms with Gasteiger partial charge in [0.1, 0.15) is 16.6 Å². The van der Waals surface area contributed by atoms with Crippen LogP contribution < -0.4 is 5.43 Å². The molecule has 3 rings (SSSR count). The molecular formula is C19H15F2N3OS. The number of nitrogens with one attached hydrogen (secondary N) is 1. The van der Waals surface area contributed by atoms with E-state index in [1.165, 1.54) is 24.3 Å². The standard InChI is InChI=1S/C19H15F2N3OS/c1-12(19-14(20)8-5-9-15(19)21)23-24-17(25)10-18-22-16(11-26-18)13-6-3-2-4-7-13/h2-9,11H,10H2,1H3,(H,24,25)/b23-12-. The summed E-state index contributed by atoms with van der Waals surface area (Å²) >= 11 is 1.37. The van der Waals surface area contributed by atoms with E-state index in [2.05, 4.69) is 15.5 Å². The summed E-state index contributed by atoms with van der Waals surface area (Å²) in [6, 6.07) is 13.2. The van der Waals surface area contributed by atoms with Crippen molar-refractivity contribution in [2.75, 3.05) is 0 Å². The molecule has 3 aromatic rings. The van der Waals surface area contributed by atoms with Crippen molar-refractivity contribution in [3.8, 4) is 11.3 Å². The summed E-state index contributed by atoms with van der Waals surface area (Å²) in [5.74, 6) is -1.86. The Labute approximate surface area is 153 Å². The summed E-state index contributed by atoms with van der Waals surface area (Å²) in [5.41, 5.74) is 3.88. The van der Waals surface area contributed by atoms with Crippen molar-refractivity contribution in [2.24, 2.45) is 5.10 Å². The molecule has 1 N–H and O–H groups in total. The van der Waals surface area contributed by atoms with Gasteiger partial charge in [-0.2, -0.15) is 5.10 Å². The largest absolute Gasteiger partial charge is 0.273 e. The first-order valence-corrected chi connectivity index (χ1v) is 8.70. The zero-order valence-corrected chi connectivity index (χ0v) is 14.7. The van der Waals surface area contributed by atoms with Gasteiger partial charge in [-0.1, -0.05) is 36.4 Å². The SMILES string of the molecule is C/C(=N/NC(=O)Cc1nc(-c2ccccc2)cs1)c1c(F)cccc1F. The first-order valence-electron chi connectivity index (χ1n) is 7.82. The number of benzene rings is 2. The van der Waals surface area contributed by atoms with Crippen molar-refractivity contribution in [3.63, 3.8) is 0 Å². The molecule has 0 aliphatic rings. The van der Waals surface area contributed by atoms with Crippen LogP contribution in [-0.4, -0.2) is 16.6 Å². The fourth-order valence-electron chi connectivity index (χ4n) is 2.36. The Balaban J connectivity index is 1.65. The van der Waals surface area contributed by atoms with Crippen LogP contribution in [0.2, 0.25) is 0 Å². The van der Waals surface area contributed by atoms with Gasteiger partial charge < -0.3 is 0 Å². The molecule has 4 nitrogen and oxygen atoms in total. The van der Waals surface area contributed by atoms with E-state index in [0.717, 1.165) is 23.4 Å². The van der Waals surface area contributed by atoms with Crippen LogP contribution in [0, 0.1) is 11.6 Å². The van der Waals surface area contributed by atoms with E-state index in [0.29, 0.717) is 5.01 Å². The Morgan fingerprint density at radius 2 is 1.81 bits per heavy atom. The summed E-state index contributed by atoms with van der Waals surface area (Å²) in [5, 5.41) is 6.30. The average molecular weight is 371 g/mol. The van der Waals surface area contributed by atoms with Crippen molar-refractivity contribution >= 4 is 23.0 Å². The van der Waals surface area contributed by atoms with E-state index in [-0.39, 0.29) is 17.7 Å². The highest BCUT2D eigenvalue weighted by molar-refractivity contribution is 7.10. The van der Waals surface area contributed by atoms with E-state index in [4.69, 9.17) is 0 Å². The summed E-state index contributed by atoms with van der Waals surface area (Å²) in [6.45, 7) is 1.43. The molecule has 0 radical (unpaired) electrons. The molecular weight excluding hydrogens is 356 g/mol. The maximum Gasteiger partial charge on any atom is 0.246 e. The number of thiazole rings is 1. The highest BCUT2D eigenvalue weighted by Gasteiger charge is 2.13. The molecule has 0 atom stereocenters. The van der Waals surface area contributed by atoms with Crippen LogP contribution in [0.15, 0.2) is 59.0 Å². The normalized spacial score (nSPS) is 11.4. The molecule has 7 heteroatoms. The van der Waals surface area contributed by atoms with Crippen LogP contribution in [-0.2, 0) is 11.2 Å². The molecule has 0 unspecified atom stereocenters. The quantitative estimate of drug-likeness (QED) is 0.541. The second kappa shape index (κ2) is 7.97. The highest BCUT2D eigenvalue weighted by atomic mass is 32.1. The number of rotatable bonds is 5. The molecule has 1 heterocycles. The second-order valence-electron chi connectivity index (χ2n) is 5.50. The molecule has 1 amide bonds. The maximum atomic E-state index is 13.7. The maximum absolute atomic E-state index is 13.7. The average Bonchev–Trinajstić information content (AvgIpc) is 3.09. The second-order valence-corrected chi connectivity index (χ2v) is 6.44. The number of hydrogen-bond acceptors (Lipinski definition) is 4. The third-order valence-electron chi connectivity index (χ3n) is 3.61. The van der Waals surface area contributed by atoms with Gasteiger partial charge in [0.05, 0.1) is 23.4 Å². The molecule has 1 aromatic heterocycles. The van der Waals surface area contributed by atoms with E-state index in [9.17, 15) is 13.6 Å². The van der Waals surface area contributed by atoms with Crippen LogP contribution in [0.1, 0.15) is 17.5 Å². The van der Waals surface area contributed by atoms with Crippen LogP contribution in [0.4, 0.5) is 8.78 Å². The first-order chi connectivity index (χ1) is 12.5. The topological polar surface area (TPSA) is 54.4 Å². The zero-order chi connectivity index (χ0) is 18.5. The molecule has 0 saturated carbocycles. The number of carbonyl (C=O) groups excluding carboxylic acids is 1. The van der Waals surface area contributed by atoms with Crippen molar-refractivity contribution in [3.05, 3.63) is 76.1 Å². The molecule has 132 valence electrons. The van der Waals surface area contributed by atoms with Crippen molar-refractivity contribution in [2.45, 2.75) is 13.3 Å². The molecule has 0 spiro atoms. The third-order valence-corrected chi connectivity index (χ3v) is 4.45. The van der Waals surface area contributed by atoms with Gasteiger partial charge in [-0.15, -0.1) is 11.3 Å². The van der Waals surface area contributed by atoms with Gasteiger partial charge in [0.25, 0.3) is 0 Å². The van der Waals surface area contributed by atoms with Gasteiger partial charge in [-0.05, 0) is 19.1 Å². The monoisotopic (exact) mass is 371 g/mol. The van der Waals surface area contributed by atoms with Gasteiger partial charge >= 0.3 is 0 Å². The van der Waals surface area contributed by atoms with Crippen LogP contribution in [0.25, 0.3) is 11.3 Å². The minimum Gasteiger partial charge on any atom is -0.273 e. The number of halogens is 2. The number of nitrogens with zero attached hydrogens (tertiary/aromatic N) is 2. The smallest absolute Gasteiger partial charge is 0.246 e. The van der Waals surface area contributed by atoms with E-state index >= 15 is 0 Å². The fourth-order valence-corrected chi connectivity index (χ4v) is 3.16. The fraction of sp³-hybridized carbons (Fsp3) is 0.105. The predicted octanol–water partition coefficient (Wildman–Crippen LogP) is 4.17. The lowest BCUT2D eigenvalue weighted by Crippen LogP contribution is -2.21. The lowest BCUT2D eigenvalue weighted by molar-refractivity contribution is -0.120. The Hall–Kier alpha value is -2.93. The Bertz CT molecular complexity index is 934. The lowest BCUT2D eigenvalue weighted by Gasteiger charge is -2.04. The van der Waals surface area contributed by atoms with Gasteiger partial charge in [-0.3, -0.25) is 4.79 Å². The highest BCUT2D eigenvalue weighted by Crippen LogP contribution is 2.21. The van der Waals surface area contributed by atoms with Crippen LogP contribution in [0.5, 0.6) is 0 Å². The third kappa shape index (κ3) is 4.18. The first kappa shape index (κ1) is 17.9. The van der Waals surface area contributed by atoms with Crippen molar-refractivity contribution < 1.29 is 13.6 Å². The van der Waals surface area contributed by atoms with Crippen molar-refractivity contribution in [1.29, 1.82) is 0 Å². The van der Waals surface area contributed by atoms with Gasteiger partial charge in [0, 0.05) is 10.9 Å². The summed E-state index contributed by atoms with van der Waals surface area (Å²) in [4.78, 5) is 16.4. The van der Waals surface area contributed by atoms with E-state index in [1.54, 1.807) is 0 Å². The number of aromatic nitrogens is 1. The summed E-state index contributed by atoms with van der Waals surface area (Å²) < 4.78 is 27.4. The van der Waals surface area contributed by atoms with Crippen LogP contribution in [0.3, 0.4) is 0 Å². The Kier molecular flexibility index (Phi) is 5.48. The molecule has 2 aromatic carbocycles. The van der Waals surface area contributed by atoms with Crippen LogP contribution >= 0.6 is 11.3 Å². The summed E-state index contributed by atoms with van der Waals surface area (Å²) in [7, 11) is 0. The minimum atomic E-state index is -0.729. The predicted molar refractivity (Wildman–Crippen MR) is 98.0 cm³/mol. The molecule has 26 heavy (non-hydrogen) atoms. The number of hydrazone groups is 1. The van der Waals surface area contributed by atoms with E-state index in [1.807, 2.05) is 35.7 Å². The van der Waals surface area contributed by atoms with E-state index < -0.39 is 17.5 Å². The van der Waals surface area contributed by atoms with Gasteiger partial charge in [-0.25, -0.2) is 19.2 Å². The minimum absolute atomic E-state index is 0.0357. The molecule has 0 fully saturated rings. The Morgan fingerprint density at radius 3 is 2.50 bits per heavy atom. The Morgan fingerprint density at radius 1 is 1.12 bits per heavy atom. The molecule has 0 aliphatic heterocycles. The molecule has 0 saturated heterocycles. The van der Waals surface area contributed by atoms with Crippen molar-refractivity contribution in [1.82, 2.24) is 10.4 Å². The number of hydrogen-bond donors (Lipinski definition) is 1. The number of amides is 1. The zero-order valence-electron chi connectivity index (χ0n) is 13.9. The van der Waals surface area contributed by atoms with Gasteiger partial charge in [0.2, 0.25) is 5.91 Å². The summed E-state index contributed by atoms with van der Waals surface area (Å²) in [6.07, 6.45) is 0.0357. The molecule has 0 aliphatic carbocycles. The number of carbonyl (C=O) groups is 1. The lowest BCUT2D eigenvalue weighted by atomic mass is 10.1. The van der Waals surface area contributed by atoms with Gasteiger partial charge in [0.15, 0.2) is 0 Å².